The van der Waals surface area contributed by atoms with Crippen molar-refractivity contribution >= 4 is 11.9 Å². The largest absolute Gasteiger partial charge is 0.479 e. The summed E-state index contributed by atoms with van der Waals surface area (Å²) in [6.45, 7) is 18.5. The molecule has 202 valence electrons. The van der Waals surface area contributed by atoms with Gasteiger partial charge in [0.15, 0.2) is 11.4 Å². The predicted molar refractivity (Wildman–Crippen MR) is 128 cm³/mol. The number of aliphatic carboxylic acids is 1. The van der Waals surface area contributed by atoms with Crippen LogP contribution in [0.2, 0.25) is 0 Å². The van der Waals surface area contributed by atoms with Crippen LogP contribution in [0, 0.1) is 22.2 Å². The summed E-state index contributed by atoms with van der Waals surface area (Å²) in [7, 11) is 0. The van der Waals surface area contributed by atoms with Gasteiger partial charge in [0.2, 0.25) is 5.91 Å². The molecule has 2 saturated carbocycles. The summed E-state index contributed by atoms with van der Waals surface area (Å²) in [4.78, 5) is 24.6. The Hall–Kier alpha value is -1.26. The minimum Gasteiger partial charge on any atom is -0.479 e. The molecule has 9 atom stereocenters. The van der Waals surface area contributed by atoms with Crippen molar-refractivity contribution in [2.45, 2.75) is 110 Å². The molecule has 0 bridgehead atoms. The Bertz CT molecular complexity index is 910. The van der Waals surface area contributed by atoms with Crippen molar-refractivity contribution < 1.29 is 39.1 Å². The van der Waals surface area contributed by atoms with Gasteiger partial charge in [-0.15, -0.1) is 0 Å². The Morgan fingerprint density at radius 1 is 1.14 bits per heavy atom. The molecule has 9 nitrogen and oxygen atoms in total. The van der Waals surface area contributed by atoms with Gasteiger partial charge in [-0.3, -0.25) is 4.79 Å². The van der Waals surface area contributed by atoms with Gasteiger partial charge >= 0.3 is 5.97 Å². The lowest BCUT2D eigenvalue weighted by atomic mass is 9.71. The molecule has 1 heterocycles. The third-order valence-corrected chi connectivity index (χ3v) is 11.0. The van der Waals surface area contributed by atoms with Crippen LogP contribution in [0.4, 0.5) is 0 Å². The molecule has 4 N–H and O–H groups in total. The van der Waals surface area contributed by atoms with Gasteiger partial charge in [0.05, 0.1) is 18.8 Å². The Balaban J connectivity index is 1.86. The van der Waals surface area contributed by atoms with E-state index in [0.717, 1.165) is 0 Å². The highest BCUT2D eigenvalue weighted by Gasteiger charge is 2.98. The van der Waals surface area contributed by atoms with E-state index >= 15 is 0 Å². The normalized spacial score (nSPS) is 48.6. The molecule has 0 aromatic carbocycles. The minimum atomic E-state index is -1.61. The maximum absolute atomic E-state index is 12.5. The molecule has 3 aliphatic rings. The zero-order valence-corrected chi connectivity index (χ0v) is 23.0. The molecule has 0 aromatic heterocycles. The molecule has 2 aliphatic carbocycles. The van der Waals surface area contributed by atoms with Crippen molar-refractivity contribution in [2.75, 3.05) is 19.8 Å². The number of rotatable bonds is 11. The number of aliphatic hydroxyl groups is 2. The lowest BCUT2D eigenvalue weighted by Gasteiger charge is -2.46. The quantitative estimate of drug-likeness (QED) is 0.319. The second kappa shape index (κ2) is 7.87. The number of fused-ring (bicyclic) bond motifs is 1. The first-order chi connectivity index (χ1) is 15.8. The topological polar surface area (TPSA) is 135 Å². The lowest BCUT2D eigenvalue weighted by molar-refractivity contribution is -0.248. The number of ether oxygens (including phenoxy) is 3. The maximum Gasteiger partial charge on any atom is 0.337 e. The number of hydrogen-bond acceptors (Lipinski definition) is 7. The van der Waals surface area contributed by atoms with Crippen LogP contribution in [0.5, 0.6) is 0 Å². The molecule has 1 saturated heterocycles. The third kappa shape index (κ3) is 3.05. The highest BCUT2D eigenvalue weighted by Crippen LogP contribution is 2.85. The number of hydrogen-bond donors (Lipinski definition) is 4. The van der Waals surface area contributed by atoms with Crippen molar-refractivity contribution in [2.24, 2.45) is 22.2 Å². The summed E-state index contributed by atoms with van der Waals surface area (Å²) < 4.78 is 18.0. The Morgan fingerprint density at radius 2 is 1.71 bits per heavy atom. The monoisotopic (exact) mass is 499 g/mol. The fourth-order valence-electron chi connectivity index (χ4n) is 7.39. The van der Waals surface area contributed by atoms with E-state index in [4.69, 9.17) is 14.2 Å². The fourth-order valence-corrected chi connectivity index (χ4v) is 7.39. The molecule has 0 aromatic rings. The molecule has 9 heteroatoms. The van der Waals surface area contributed by atoms with E-state index in [2.05, 4.69) is 5.32 Å². The van der Waals surface area contributed by atoms with Crippen LogP contribution < -0.4 is 5.32 Å². The number of nitrogens with one attached hydrogen (secondary N) is 1. The van der Waals surface area contributed by atoms with Gasteiger partial charge in [-0.25, -0.2) is 4.79 Å². The van der Waals surface area contributed by atoms with Gasteiger partial charge in [-0.2, -0.15) is 0 Å². The molecule has 0 radical (unpaired) electrons. The summed E-state index contributed by atoms with van der Waals surface area (Å²) in [5.74, 6) is -3.07. The molecule has 0 spiro atoms. The lowest BCUT2D eigenvalue weighted by Crippen LogP contribution is -2.61. The van der Waals surface area contributed by atoms with Gasteiger partial charge in [-0.1, -0.05) is 34.6 Å². The first kappa shape index (κ1) is 28.3. The van der Waals surface area contributed by atoms with E-state index in [1.807, 2.05) is 41.5 Å². The van der Waals surface area contributed by atoms with Crippen molar-refractivity contribution in [1.29, 1.82) is 0 Å². The predicted octanol–water partition coefficient (Wildman–Crippen LogP) is 2.47. The number of carboxylic acids is 1. The van der Waals surface area contributed by atoms with Gasteiger partial charge in [-0.05, 0) is 34.1 Å². The van der Waals surface area contributed by atoms with Gasteiger partial charge in [0, 0.05) is 42.1 Å². The third-order valence-electron chi connectivity index (χ3n) is 11.0. The van der Waals surface area contributed by atoms with Crippen LogP contribution in [0.15, 0.2) is 0 Å². The van der Waals surface area contributed by atoms with E-state index < -0.39 is 50.3 Å². The van der Waals surface area contributed by atoms with E-state index in [-0.39, 0.29) is 24.9 Å². The van der Waals surface area contributed by atoms with E-state index in [0.29, 0.717) is 19.6 Å². The zero-order valence-electron chi connectivity index (χ0n) is 23.0. The van der Waals surface area contributed by atoms with E-state index in [9.17, 15) is 24.9 Å². The Morgan fingerprint density at radius 3 is 2.14 bits per heavy atom. The molecular weight excluding hydrogens is 454 g/mol. The SMILES string of the molecule is CCOC[C@@H](C)C(C)(NC(C)=O)C1(C)C[C@]1(O)OCC1(C)OC2(C(=O)O)[C@](C)(C1(C)O)[C@]2(C)CC. The Labute approximate surface area is 208 Å². The summed E-state index contributed by atoms with van der Waals surface area (Å²) in [6, 6.07) is 0. The summed E-state index contributed by atoms with van der Waals surface area (Å²) >= 11 is 0. The second-order valence-electron chi connectivity index (χ2n) is 12.2. The first-order valence-electron chi connectivity index (χ1n) is 12.7. The summed E-state index contributed by atoms with van der Waals surface area (Å²) in [5, 5.41) is 36.5. The Kier molecular flexibility index (Phi) is 6.37. The molecular formula is C26H45NO8. The van der Waals surface area contributed by atoms with Crippen LogP contribution in [0.3, 0.4) is 0 Å². The van der Waals surface area contributed by atoms with E-state index in [1.165, 1.54) is 6.92 Å². The van der Waals surface area contributed by atoms with E-state index in [1.54, 1.807) is 20.8 Å². The minimum absolute atomic E-state index is 0.137. The van der Waals surface area contributed by atoms with Crippen molar-refractivity contribution in [3.63, 3.8) is 0 Å². The highest BCUT2D eigenvalue weighted by atomic mass is 16.7. The first-order valence-corrected chi connectivity index (χ1v) is 12.7. The van der Waals surface area contributed by atoms with Gasteiger partial charge in [0.1, 0.15) is 11.2 Å². The number of amides is 1. The number of carbonyl (C=O) groups excluding carboxylic acids is 1. The van der Waals surface area contributed by atoms with Crippen LogP contribution in [-0.2, 0) is 23.8 Å². The van der Waals surface area contributed by atoms with Gasteiger partial charge in [0.25, 0.3) is 0 Å². The average Bonchev–Trinajstić information content (AvgIpc) is 3.46. The molecule has 3 rings (SSSR count). The molecule has 3 fully saturated rings. The van der Waals surface area contributed by atoms with Crippen LogP contribution in [-0.4, -0.2) is 75.1 Å². The summed E-state index contributed by atoms with van der Waals surface area (Å²) in [5.41, 5.74) is -7.97. The van der Waals surface area contributed by atoms with Gasteiger partial charge < -0.3 is 34.8 Å². The highest BCUT2D eigenvalue weighted by molar-refractivity contribution is 5.88. The number of carboxylic acid groups (broad SMARTS) is 1. The fraction of sp³-hybridized carbons (Fsp3) is 0.923. The molecule has 5 unspecified atom stereocenters. The van der Waals surface area contributed by atoms with Crippen LogP contribution in [0.1, 0.15) is 82.1 Å². The average molecular weight is 500 g/mol. The number of carbonyl (C=O) groups is 2. The molecule has 1 amide bonds. The van der Waals surface area contributed by atoms with Crippen molar-refractivity contribution in [3.05, 3.63) is 0 Å². The van der Waals surface area contributed by atoms with Crippen LogP contribution >= 0.6 is 0 Å². The smallest absolute Gasteiger partial charge is 0.337 e. The summed E-state index contributed by atoms with van der Waals surface area (Å²) in [6.07, 6.45) is 0.775. The van der Waals surface area contributed by atoms with Crippen molar-refractivity contribution in [3.8, 4) is 0 Å². The van der Waals surface area contributed by atoms with Crippen molar-refractivity contribution in [1.82, 2.24) is 5.32 Å². The molecule has 35 heavy (non-hydrogen) atoms. The van der Waals surface area contributed by atoms with Crippen LogP contribution in [0.25, 0.3) is 0 Å². The maximum atomic E-state index is 12.5. The second-order valence-corrected chi connectivity index (χ2v) is 12.2. The molecule has 1 aliphatic heterocycles. The standard InChI is InChI=1S/C26H45NO8/c1-11-19(5)23(9)24(10,31)21(7,35-26(19,23)18(29)30)15-34-25(32)14-20(25,6)22(8,27-17(4)28)16(3)13-33-12-2/h16,31-32H,11-15H2,1-10H3,(H,27,28)(H,29,30)/t16-,19+,20?,21?,22?,23+,24?,25+,26?/m1/s1. The zero-order chi connectivity index (χ0) is 27.1.